The smallest absolute Gasteiger partial charge is 0.265 e. The highest BCUT2D eigenvalue weighted by atomic mass is 79.9. The molecule has 0 saturated carbocycles. The first kappa shape index (κ1) is 10.5. The number of rotatable bonds is 3. The molecule has 1 N–H and O–H groups in total. The van der Waals surface area contributed by atoms with Gasteiger partial charge in [0, 0.05) is 17.1 Å². The molecule has 0 amide bonds. The minimum Gasteiger partial charge on any atom is -0.392 e. The summed E-state index contributed by atoms with van der Waals surface area (Å²) < 4.78 is 24.8. The Kier molecular flexibility index (Phi) is 3.74. The van der Waals surface area contributed by atoms with Crippen LogP contribution in [-0.2, 0) is 11.9 Å². The van der Waals surface area contributed by atoms with E-state index in [0.29, 0.717) is 16.6 Å². The molecule has 0 bridgehead atoms. The summed E-state index contributed by atoms with van der Waals surface area (Å²) in [5.41, 5.74) is 0.593. The zero-order valence-electron chi connectivity index (χ0n) is 6.67. The molecular weight excluding hydrogens is 244 g/mol. The third-order valence-electron chi connectivity index (χ3n) is 1.60. The first-order valence-corrected chi connectivity index (χ1v) is 4.74. The van der Waals surface area contributed by atoms with Crippen LogP contribution >= 0.6 is 15.9 Å². The standard InChI is InChI=1S/C8H8BrF2NO/c9-2-7-6(8(10)11)1-5(4-13)3-12-7/h1,3,8,13H,2,4H2. The number of pyridine rings is 1. The van der Waals surface area contributed by atoms with Gasteiger partial charge in [-0.2, -0.15) is 0 Å². The second-order valence-electron chi connectivity index (χ2n) is 2.47. The molecule has 1 aromatic heterocycles. The van der Waals surface area contributed by atoms with Crippen LogP contribution in [0, 0.1) is 0 Å². The van der Waals surface area contributed by atoms with Crippen LogP contribution in [-0.4, -0.2) is 10.1 Å². The highest BCUT2D eigenvalue weighted by molar-refractivity contribution is 9.08. The maximum absolute atomic E-state index is 12.4. The van der Waals surface area contributed by atoms with E-state index in [0.717, 1.165) is 0 Å². The van der Waals surface area contributed by atoms with Crippen molar-refractivity contribution in [3.05, 3.63) is 29.1 Å². The maximum Gasteiger partial charge on any atom is 0.265 e. The van der Waals surface area contributed by atoms with Crippen molar-refractivity contribution in [3.8, 4) is 0 Å². The fraction of sp³-hybridized carbons (Fsp3) is 0.375. The highest BCUT2D eigenvalue weighted by Crippen LogP contribution is 2.24. The lowest BCUT2D eigenvalue weighted by molar-refractivity contribution is 0.149. The molecule has 0 saturated heterocycles. The van der Waals surface area contributed by atoms with Crippen LogP contribution in [0.3, 0.4) is 0 Å². The Bertz CT molecular complexity index is 293. The van der Waals surface area contributed by atoms with Gasteiger partial charge >= 0.3 is 0 Å². The fourth-order valence-electron chi connectivity index (χ4n) is 0.943. The van der Waals surface area contributed by atoms with E-state index >= 15 is 0 Å². The molecule has 1 aromatic rings. The van der Waals surface area contributed by atoms with Gasteiger partial charge in [0.15, 0.2) is 0 Å². The first-order valence-electron chi connectivity index (χ1n) is 3.61. The van der Waals surface area contributed by atoms with Gasteiger partial charge < -0.3 is 5.11 Å². The molecule has 0 aliphatic rings. The van der Waals surface area contributed by atoms with E-state index in [-0.39, 0.29) is 12.2 Å². The van der Waals surface area contributed by atoms with Gasteiger partial charge in [-0.1, -0.05) is 15.9 Å². The summed E-state index contributed by atoms with van der Waals surface area (Å²) in [6, 6.07) is 1.27. The van der Waals surface area contributed by atoms with Crippen LogP contribution in [0.15, 0.2) is 12.3 Å². The average Bonchev–Trinajstić information content (AvgIpc) is 2.16. The number of hydrogen-bond acceptors (Lipinski definition) is 2. The Balaban J connectivity index is 3.10. The van der Waals surface area contributed by atoms with Gasteiger partial charge in [-0.3, -0.25) is 4.98 Å². The van der Waals surface area contributed by atoms with Gasteiger partial charge in [0.05, 0.1) is 12.3 Å². The number of nitrogens with zero attached hydrogens (tertiary/aromatic N) is 1. The monoisotopic (exact) mass is 251 g/mol. The lowest BCUT2D eigenvalue weighted by atomic mass is 10.1. The Morgan fingerprint density at radius 2 is 2.23 bits per heavy atom. The fourth-order valence-corrected chi connectivity index (χ4v) is 1.41. The first-order chi connectivity index (χ1) is 6.19. The second kappa shape index (κ2) is 4.62. The van der Waals surface area contributed by atoms with Crippen molar-refractivity contribution >= 4 is 15.9 Å². The molecule has 0 spiro atoms. The second-order valence-corrected chi connectivity index (χ2v) is 3.03. The normalized spacial score (nSPS) is 10.8. The van der Waals surface area contributed by atoms with Crippen LogP contribution < -0.4 is 0 Å². The van der Waals surface area contributed by atoms with Crippen molar-refractivity contribution in [2.45, 2.75) is 18.4 Å². The molecule has 0 atom stereocenters. The van der Waals surface area contributed by atoms with Crippen LogP contribution in [0.5, 0.6) is 0 Å². The summed E-state index contributed by atoms with van der Waals surface area (Å²) in [6.45, 7) is -0.269. The van der Waals surface area contributed by atoms with Crippen molar-refractivity contribution < 1.29 is 13.9 Å². The van der Waals surface area contributed by atoms with Gasteiger partial charge in [0.25, 0.3) is 6.43 Å². The molecule has 0 unspecified atom stereocenters. The van der Waals surface area contributed by atoms with E-state index in [2.05, 4.69) is 20.9 Å². The van der Waals surface area contributed by atoms with E-state index < -0.39 is 6.43 Å². The molecule has 0 aromatic carbocycles. The van der Waals surface area contributed by atoms with Gasteiger partial charge in [-0.05, 0) is 11.6 Å². The van der Waals surface area contributed by atoms with Crippen LogP contribution in [0.4, 0.5) is 8.78 Å². The van der Waals surface area contributed by atoms with Gasteiger partial charge in [0.1, 0.15) is 0 Å². The molecule has 13 heavy (non-hydrogen) atoms. The number of alkyl halides is 3. The predicted molar refractivity (Wildman–Crippen MR) is 47.7 cm³/mol. The summed E-state index contributed by atoms with van der Waals surface area (Å²) in [7, 11) is 0. The van der Waals surface area contributed by atoms with Crippen molar-refractivity contribution in [2.75, 3.05) is 0 Å². The largest absolute Gasteiger partial charge is 0.392 e. The van der Waals surface area contributed by atoms with Crippen LogP contribution in [0.1, 0.15) is 23.2 Å². The van der Waals surface area contributed by atoms with E-state index in [4.69, 9.17) is 5.11 Å². The maximum atomic E-state index is 12.4. The zero-order chi connectivity index (χ0) is 9.84. The molecule has 2 nitrogen and oxygen atoms in total. The number of halogens is 3. The molecule has 0 fully saturated rings. The van der Waals surface area contributed by atoms with Crippen molar-refractivity contribution in [2.24, 2.45) is 0 Å². The zero-order valence-corrected chi connectivity index (χ0v) is 8.26. The third-order valence-corrected chi connectivity index (χ3v) is 2.14. The van der Waals surface area contributed by atoms with E-state index in [9.17, 15) is 8.78 Å². The molecule has 5 heteroatoms. The Morgan fingerprint density at radius 3 is 2.69 bits per heavy atom. The minimum absolute atomic E-state index is 0.122. The summed E-state index contributed by atoms with van der Waals surface area (Å²) in [4.78, 5) is 3.80. The summed E-state index contributed by atoms with van der Waals surface area (Å²) >= 11 is 3.06. The van der Waals surface area contributed by atoms with Gasteiger partial charge in [0.2, 0.25) is 0 Å². The van der Waals surface area contributed by atoms with Crippen LogP contribution in [0.2, 0.25) is 0 Å². The molecule has 72 valence electrons. The molecule has 0 aliphatic heterocycles. The predicted octanol–water partition coefficient (Wildman–Crippen LogP) is 2.41. The topological polar surface area (TPSA) is 33.1 Å². The average molecular weight is 252 g/mol. The van der Waals surface area contributed by atoms with Crippen molar-refractivity contribution in [1.29, 1.82) is 0 Å². The number of aliphatic hydroxyl groups excluding tert-OH is 1. The Hall–Kier alpha value is -0.550. The lowest BCUT2D eigenvalue weighted by Gasteiger charge is -2.06. The molecule has 0 aliphatic carbocycles. The Morgan fingerprint density at radius 1 is 1.54 bits per heavy atom. The van der Waals surface area contributed by atoms with E-state index in [1.807, 2.05) is 0 Å². The quantitative estimate of drug-likeness (QED) is 0.838. The van der Waals surface area contributed by atoms with Gasteiger partial charge in [-0.25, -0.2) is 8.78 Å². The number of aliphatic hydroxyl groups is 1. The van der Waals surface area contributed by atoms with E-state index in [1.165, 1.54) is 12.3 Å². The highest BCUT2D eigenvalue weighted by Gasteiger charge is 2.13. The number of aromatic nitrogens is 1. The summed E-state index contributed by atoms with van der Waals surface area (Å²) in [6.07, 6.45) is -1.16. The lowest BCUT2D eigenvalue weighted by Crippen LogP contribution is -1.98. The minimum atomic E-state index is -2.55. The summed E-state index contributed by atoms with van der Waals surface area (Å²) in [5, 5.41) is 9.00. The Labute approximate surface area is 82.7 Å². The van der Waals surface area contributed by atoms with Gasteiger partial charge in [-0.15, -0.1) is 0 Å². The van der Waals surface area contributed by atoms with Crippen LogP contribution in [0.25, 0.3) is 0 Å². The van der Waals surface area contributed by atoms with Crippen molar-refractivity contribution in [1.82, 2.24) is 4.98 Å². The third kappa shape index (κ3) is 2.45. The molecular formula is C8H8BrF2NO. The molecule has 1 rings (SSSR count). The molecule has 1 heterocycles. The summed E-state index contributed by atoms with van der Waals surface area (Å²) in [5.74, 6) is 0. The molecule has 0 radical (unpaired) electrons. The van der Waals surface area contributed by atoms with E-state index in [1.54, 1.807) is 0 Å². The van der Waals surface area contributed by atoms with Crippen molar-refractivity contribution in [3.63, 3.8) is 0 Å². The SMILES string of the molecule is OCc1cnc(CBr)c(C(F)F)c1. The number of hydrogen-bond donors (Lipinski definition) is 1.